The molecule has 0 saturated carbocycles. The molecule has 2 aromatic rings. The number of benzene rings is 2. The first-order valence-corrected chi connectivity index (χ1v) is 9.06. The van der Waals surface area contributed by atoms with E-state index in [1.165, 1.54) is 0 Å². The second-order valence-corrected chi connectivity index (χ2v) is 6.57. The molecule has 0 fully saturated rings. The Kier molecular flexibility index (Phi) is 6.42. The molecule has 1 aliphatic heterocycles. The number of aliphatic hydroxyl groups excluding tert-OH is 1. The Morgan fingerprint density at radius 1 is 1.26 bits per heavy atom. The molecule has 3 rings (SSSR count). The molecule has 1 aliphatic rings. The second kappa shape index (κ2) is 9.17. The SMILES string of the molecule is N#Cc1ccc(NC(=O)CCCN2CCOc3ccc(CO)cc3C2)cc1. The third-order valence-corrected chi connectivity index (χ3v) is 4.54. The van der Waals surface area contributed by atoms with Crippen LogP contribution in [0.15, 0.2) is 42.5 Å². The number of carbonyl (C=O) groups is 1. The highest BCUT2D eigenvalue weighted by molar-refractivity contribution is 5.90. The molecule has 6 nitrogen and oxygen atoms in total. The van der Waals surface area contributed by atoms with Crippen molar-refractivity contribution in [3.05, 3.63) is 59.2 Å². The molecule has 140 valence electrons. The van der Waals surface area contributed by atoms with Crippen molar-refractivity contribution in [2.24, 2.45) is 0 Å². The minimum Gasteiger partial charge on any atom is -0.492 e. The molecular weight excluding hydrogens is 342 g/mol. The lowest BCUT2D eigenvalue weighted by Crippen LogP contribution is -2.27. The summed E-state index contributed by atoms with van der Waals surface area (Å²) in [6.45, 7) is 2.99. The molecule has 0 radical (unpaired) electrons. The fourth-order valence-electron chi connectivity index (χ4n) is 3.11. The minimum atomic E-state index is -0.0336. The number of aliphatic hydroxyl groups is 1. The maximum Gasteiger partial charge on any atom is 0.224 e. The molecule has 0 spiro atoms. The average molecular weight is 365 g/mol. The van der Waals surface area contributed by atoms with E-state index in [0.717, 1.165) is 42.9 Å². The molecule has 27 heavy (non-hydrogen) atoms. The van der Waals surface area contributed by atoms with Crippen LogP contribution in [0.2, 0.25) is 0 Å². The van der Waals surface area contributed by atoms with E-state index in [1.807, 2.05) is 18.2 Å². The van der Waals surface area contributed by atoms with E-state index in [1.54, 1.807) is 24.3 Å². The molecule has 6 heteroatoms. The second-order valence-electron chi connectivity index (χ2n) is 6.57. The summed E-state index contributed by atoms with van der Waals surface area (Å²) in [6.07, 6.45) is 1.18. The number of carbonyl (C=O) groups excluding carboxylic acids is 1. The van der Waals surface area contributed by atoms with Gasteiger partial charge in [-0.1, -0.05) is 6.07 Å². The summed E-state index contributed by atoms with van der Waals surface area (Å²) in [6, 6.07) is 14.7. The summed E-state index contributed by atoms with van der Waals surface area (Å²) in [5.41, 5.74) is 3.22. The van der Waals surface area contributed by atoms with E-state index in [2.05, 4.69) is 16.3 Å². The molecule has 0 atom stereocenters. The minimum absolute atomic E-state index is 0.0167. The van der Waals surface area contributed by atoms with Gasteiger partial charge < -0.3 is 15.2 Å². The normalized spacial score (nSPS) is 13.8. The molecule has 1 heterocycles. The van der Waals surface area contributed by atoms with Gasteiger partial charge in [0.05, 0.1) is 18.2 Å². The van der Waals surface area contributed by atoms with Crippen LogP contribution in [-0.4, -0.2) is 35.6 Å². The smallest absolute Gasteiger partial charge is 0.224 e. The maximum absolute atomic E-state index is 12.1. The molecular formula is C21H23N3O3. The van der Waals surface area contributed by atoms with Gasteiger partial charge in [-0.3, -0.25) is 9.69 Å². The van der Waals surface area contributed by atoms with Crippen molar-refractivity contribution in [2.75, 3.05) is 25.0 Å². The lowest BCUT2D eigenvalue weighted by atomic mass is 10.1. The highest BCUT2D eigenvalue weighted by Gasteiger charge is 2.16. The fraction of sp³-hybridized carbons (Fsp3) is 0.333. The van der Waals surface area contributed by atoms with E-state index >= 15 is 0 Å². The summed E-state index contributed by atoms with van der Waals surface area (Å²) < 4.78 is 5.78. The van der Waals surface area contributed by atoms with Crippen LogP contribution in [0.25, 0.3) is 0 Å². The maximum atomic E-state index is 12.1. The van der Waals surface area contributed by atoms with E-state index in [0.29, 0.717) is 24.3 Å². The van der Waals surface area contributed by atoms with Crippen LogP contribution in [-0.2, 0) is 17.9 Å². The zero-order valence-electron chi connectivity index (χ0n) is 15.1. The monoisotopic (exact) mass is 365 g/mol. The zero-order chi connectivity index (χ0) is 19.1. The number of hydrogen-bond donors (Lipinski definition) is 2. The molecule has 0 saturated heterocycles. The zero-order valence-corrected chi connectivity index (χ0v) is 15.1. The van der Waals surface area contributed by atoms with Crippen LogP contribution in [0, 0.1) is 11.3 Å². The van der Waals surface area contributed by atoms with Gasteiger partial charge >= 0.3 is 0 Å². The molecule has 2 N–H and O–H groups in total. The number of nitriles is 1. The van der Waals surface area contributed by atoms with Crippen molar-refractivity contribution < 1.29 is 14.6 Å². The number of nitrogens with one attached hydrogen (secondary N) is 1. The number of ether oxygens (including phenoxy) is 1. The van der Waals surface area contributed by atoms with Gasteiger partial charge in [0.2, 0.25) is 5.91 Å². The van der Waals surface area contributed by atoms with Gasteiger partial charge in [-0.05, 0) is 54.9 Å². The third-order valence-electron chi connectivity index (χ3n) is 4.54. The van der Waals surface area contributed by atoms with Gasteiger partial charge in [0, 0.05) is 30.8 Å². The van der Waals surface area contributed by atoms with Crippen molar-refractivity contribution in [3.8, 4) is 11.8 Å². The van der Waals surface area contributed by atoms with Crippen molar-refractivity contribution in [2.45, 2.75) is 26.0 Å². The van der Waals surface area contributed by atoms with E-state index < -0.39 is 0 Å². The number of rotatable bonds is 6. The Balaban J connectivity index is 1.47. The molecule has 0 aromatic heterocycles. The topological polar surface area (TPSA) is 85.6 Å². The van der Waals surface area contributed by atoms with Gasteiger partial charge in [-0.15, -0.1) is 0 Å². The van der Waals surface area contributed by atoms with Gasteiger partial charge in [0.25, 0.3) is 0 Å². The Morgan fingerprint density at radius 3 is 2.81 bits per heavy atom. The Hall–Kier alpha value is -2.88. The molecule has 0 unspecified atom stereocenters. The first-order chi connectivity index (χ1) is 13.2. The quantitative estimate of drug-likeness (QED) is 0.822. The van der Waals surface area contributed by atoms with Crippen molar-refractivity contribution in [3.63, 3.8) is 0 Å². The third kappa shape index (κ3) is 5.30. The van der Waals surface area contributed by atoms with Gasteiger partial charge in [0.1, 0.15) is 12.4 Å². The first-order valence-electron chi connectivity index (χ1n) is 9.06. The molecule has 1 amide bonds. The molecule has 2 aromatic carbocycles. The van der Waals surface area contributed by atoms with Crippen LogP contribution < -0.4 is 10.1 Å². The fourth-order valence-corrected chi connectivity index (χ4v) is 3.11. The standard InChI is InChI=1S/C21H23N3O3/c22-13-16-3-6-19(7-4-16)23-21(26)2-1-9-24-10-11-27-20-8-5-17(15-25)12-18(20)14-24/h3-8,12,25H,1-2,9-11,14-15H2,(H,23,26). The Morgan fingerprint density at radius 2 is 2.07 bits per heavy atom. The Bertz CT molecular complexity index is 828. The van der Waals surface area contributed by atoms with Gasteiger partial charge in [-0.2, -0.15) is 5.26 Å². The van der Waals surface area contributed by atoms with Gasteiger partial charge in [-0.25, -0.2) is 0 Å². The largest absolute Gasteiger partial charge is 0.492 e. The van der Waals surface area contributed by atoms with Crippen LogP contribution in [0.5, 0.6) is 5.75 Å². The average Bonchev–Trinajstić information content (AvgIpc) is 2.89. The van der Waals surface area contributed by atoms with Crippen molar-refractivity contribution >= 4 is 11.6 Å². The number of nitrogens with zero attached hydrogens (tertiary/aromatic N) is 2. The summed E-state index contributed by atoms with van der Waals surface area (Å²) in [7, 11) is 0. The molecule has 0 aliphatic carbocycles. The number of amides is 1. The van der Waals surface area contributed by atoms with E-state index in [9.17, 15) is 9.90 Å². The first kappa shape index (κ1) is 18.9. The lowest BCUT2D eigenvalue weighted by Gasteiger charge is -2.19. The van der Waals surface area contributed by atoms with Crippen LogP contribution in [0.1, 0.15) is 29.5 Å². The van der Waals surface area contributed by atoms with E-state index in [-0.39, 0.29) is 12.5 Å². The summed E-state index contributed by atoms with van der Waals surface area (Å²) in [5.74, 6) is 0.835. The Labute approximate surface area is 159 Å². The van der Waals surface area contributed by atoms with Crippen LogP contribution in [0.4, 0.5) is 5.69 Å². The molecule has 0 bridgehead atoms. The number of anilines is 1. The van der Waals surface area contributed by atoms with Crippen LogP contribution in [0.3, 0.4) is 0 Å². The summed E-state index contributed by atoms with van der Waals surface area (Å²) in [5, 5.41) is 21.0. The van der Waals surface area contributed by atoms with Crippen molar-refractivity contribution in [1.29, 1.82) is 5.26 Å². The highest BCUT2D eigenvalue weighted by Crippen LogP contribution is 2.24. The highest BCUT2D eigenvalue weighted by atomic mass is 16.5. The van der Waals surface area contributed by atoms with Crippen LogP contribution >= 0.6 is 0 Å². The summed E-state index contributed by atoms with van der Waals surface area (Å²) >= 11 is 0. The predicted octanol–water partition coefficient (Wildman–Crippen LogP) is 2.66. The van der Waals surface area contributed by atoms with Crippen molar-refractivity contribution in [1.82, 2.24) is 4.90 Å². The lowest BCUT2D eigenvalue weighted by molar-refractivity contribution is -0.116. The number of fused-ring (bicyclic) bond motifs is 1. The number of hydrogen-bond acceptors (Lipinski definition) is 5. The summed E-state index contributed by atoms with van der Waals surface area (Å²) in [4.78, 5) is 14.4. The van der Waals surface area contributed by atoms with Gasteiger partial charge in [0.15, 0.2) is 0 Å². The van der Waals surface area contributed by atoms with E-state index in [4.69, 9.17) is 10.00 Å². The predicted molar refractivity (Wildman–Crippen MR) is 102 cm³/mol.